The maximum atomic E-state index is 12.7. The Balaban J connectivity index is 1.68. The first-order valence-corrected chi connectivity index (χ1v) is 11.2. The SMILES string of the molecule is COc1cc(NC(=S)Nc2ccc(S(=O)(=O)Nc3ccccc3C)cc2)cc(OC)c1. The predicted molar refractivity (Wildman–Crippen MR) is 128 cm³/mol. The van der Waals surface area contributed by atoms with E-state index in [2.05, 4.69) is 15.4 Å². The molecule has 31 heavy (non-hydrogen) atoms. The second-order valence-corrected chi connectivity index (χ2v) is 8.72. The Morgan fingerprint density at radius 1 is 0.839 bits per heavy atom. The summed E-state index contributed by atoms with van der Waals surface area (Å²) in [6, 6.07) is 18.8. The molecule has 0 unspecified atom stereocenters. The molecule has 0 atom stereocenters. The number of para-hydroxylation sites is 1. The van der Waals surface area contributed by atoms with Crippen LogP contribution >= 0.6 is 12.2 Å². The molecule has 9 heteroatoms. The van der Waals surface area contributed by atoms with Crippen molar-refractivity contribution in [1.29, 1.82) is 0 Å². The summed E-state index contributed by atoms with van der Waals surface area (Å²) in [5.74, 6) is 1.25. The maximum absolute atomic E-state index is 12.7. The van der Waals surface area contributed by atoms with Crippen LogP contribution in [0, 0.1) is 6.92 Å². The Morgan fingerprint density at radius 2 is 1.42 bits per heavy atom. The van der Waals surface area contributed by atoms with E-state index in [9.17, 15) is 8.42 Å². The normalized spacial score (nSPS) is 10.8. The number of sulfonamides is 1. The van der Waals surface area contributed by atoms with Crippen molar-refractivity contribution in [2.45, 2.75) is 11.8 Å². The fraction of sp³-hybridized carbons (Fsp3) is 0.136. The van der Waals surface area contributed by atoms with Gasteiger partial charge in [-0.15, -0.1) is 0 Å². The van der Waals surface area contributed by atoms with Crippen molar-refractivity contribution < 1.29 is 17.9 Å². The largest absolute Gasteiger partial charge is 0.497 e. The van der Waals surface area contributed by atoms with Crippen LogP contribution in [-0.2, 0) is 10.0 Å². The van der Waals surface area contributed by atoms with Crippen molar-refractivity contribution in [3.8, 4) is 11.5 Å². The third-order valence-corrected chi connectivity index (χ3v) is 6.01. The van der Waals surface area contributed by atoms with Gasteiger partial charge in [0.05, 0.1) is 24.8 Å². The lowest BCUT2D eigenvalue weighted by Gasteiger charge is -2.14. The standard InChI is InChI=1S/C22H23N3O4S2/c1-15-6-4-5-7-21(15)25-31(26,27)20-10-8-16(9-11-20)23-22(30)24-17-12-18(28-2)14-19(13-17)29-3/h4-14,25H,1-3H3,(H2,23,24,30). The van der Waals surface area contributed by atoms with Gasteiger partial charge in [0.15, 0.2) is 5.11 Å². The number of aryl methyl sites for hydroxylation is 1. The van der Waals surface area contributed by atoms with E-state index in [1.54, 1.807) is 56.7 Å². The van der Waals surface area contributed by atoms with Crippen LogP contribution in [0.1, 0.15) is 5.56 Å². The molecule has 0 amide bonds. The first-order chi connectivity index (χ1) is 14.8. The molecule has 0 fully saturated rings. The van der Waals surface area contributed by atoms with Crippen LogP contribution < -0.4 is 24.8 Å². The average Bonchev–Trinajstić information content (AvgIpc) is 2.75. The molecule has 0 aliphatic carbocycles. The quantitative estimate of drug-likeness (QED) is 0.446. The Hall–Kier alpha value is -3.30. The summed E-state index contributed by atoms with van der Waals surface area (Å²) in [6.07, 6.45) is 0. The molecule has 0 aromatic heterocycles. The number of rotatable bonds is 7. The van der Waals surface area contributed by atoms with Crippen molar-refractivity contribution in [1.82, 2.24) is 0 Å². The van der Waals surface area contributed by atoms with Crippen molar-refractivity contribution in [2.24, 2.45) is 0 Å². The second-order valence-electron chi connectivity index (χ2n) is 6.63. The molecule has 3 aromatic rings. The molecule has 3 aromatic carbocycles. The zero-order chi connectivity index (χ0) is 22.4. The summed E-state index contributed by atoms with van der Waals surface area (Å²) in [4.78, 5) is 0.151. The number of benzene rings is 3. The van der Waals surface area contributed by atoms with Crippen LogP contribution in [0.5, 0.6) is 11.5 Å². The van der Waals surface area contributed by atoms with Gasteiger partial charge in [-0.25, -0.2) is 8.42 Å². The van der Waals surface area contributed by atoms with Gasteiger partial charge in [0.2, 0.25) is 0 Å². The molecule has 162 valence electrons. The van der Waals surface area contributed by atoms with E-state index >= 15 is 0 Å². The van der Waals surface area contributed by atoms with Crippen molar-refractivity contribution >= 4 is 44.4 Å². The highest BCUT2D eigenvalue weighted by molar-refractivity contribution is 7.92. The van der Waals surface area contributed by atoms with Gasteiger partial charge >= 0.3 is 0 Å². The smallest absolute Gasteiger partial charge is 0.261 e. The number of methoxy groups -OCH3 is 2. The van der Waals surface area contributed by atoms with Crippen LogP contribution in [0.3, 0.4) is 0 Å². The second kappa shape index (κ2) is 9.67. The first-order valence-electron chi connectivity index (χ1n) is 9.30. The van der Waals surface area contributed by atoms with Crippen molar-refractivity contribution in [3.63, 3.8) is 0 Å². The molecule has 0 aliphatic heterocycles. The molecule has 0 heterocycles. The van der Waals surface area contributed by atoms with E-state index < -0.39 is 10.0 Å². The third-order valence-electron chi connectivity index (χ3n) is 4.42. The lowest BCUT2D eigenvalue weighted by Crippen LogP contribution is -2.19. The lowest BCUT2D eigenvalue weighted by atomic mass is 10.2. The van der Waals surface area contributed by atoms with Crippen molar-refractivity contribution in [2.75, 3.05) is 29.6 Å². The zero-order valence-corrected chi connectivity index (χ0v) is 18.9. The molecule has 0 saturated heterocycles. The van der Waals surface area contributed by atoms with E-state index in [0.29, 0.717) is 33.7 Å². The Bertz CT molecular complexity index is 1160. The fourth-order valence-corrected chi connectivity index (χ4v) is 4.15. The van der Waals surface area contributed by atoms with E-state index in [-0.39, 0.29) is 4.90 Å². The van der Waals surface area contributed by atoms with Crippen LogP contribution in [0.2, 0.25) is 0 Å². The van der Waals surface area contributed by atoms with Gasteiger partial charge in [0, 0.05) is 29.6 Å². The van der Waals surface area contributed by atoms with E-state index in [0.717, 1.165) is 5.56 Å². The van der Waals surface area contributed by atoms with Crippen LogP contribution in [-0.4, -0.2) is 27.7 Å². The number of ether oxygens (including phenoxy) is 2. The Morgan fingerprint density at radius 3 is 2.00 bits per heavy atom. The van der Waals surface area contributed by atoms with Gasteiger partial charge in [0.25, 0.3) is 10.0 Å². The first kappa shape index (κ1) is 22.4. The summed E-state index contributed by atoms with van der Waals surface area (Å²) in [5, 5.41) is 6.42. The molecule has 7 nitrogen and oxygen atoms in total. The van der Waals surface area contributed by atoms with Crippen molar-refractivity contribution in [3.05, 3.63) is 72.3 Å². The number of hydrogen-bond donors (Lipinski definition) is 3. The molecule has 0 spiro atoms. The lowest BCUT2D eigenvalue weighted by molar-refractivity contribution is 0.395. The van der Waals surface area contributed by atoms with Gasteiger partial charge in [-0.2, -0.15) is 0 Å². The molecule has 0 radical (unpaired) electrons. The minimum absolute atomic E-state index is 0.151. The highest BCUT2D eigenvalue weighted by atomic mass is 32.2. The van der Waals surface area contributed by atoms with Crippen LogP contribution in [0.15, 0.2) is 71.6 Å². The van der Waals surface area contributed by atoms with E-state index in [1.165, 1.54) is 12.1 Å². The molecular formula is C22H23N3O4S2. The van der Waals surface area contributed by atoms with Crippen LogP contribution in [0.25, 0.3) is 0 Å². The highest BCUT2D eigenvalue weighted by Crippen LogP contribution is 2.26. The average molecular weight is 458 g/mol. The van der Waals surface area contributed by atoms with Crippen LogP contribution in [0.4, 0.5) is 17.1 Å². The van der Waals surface area contributed by atoms with Gasteiger partial charge in [-0.3, -0.25) is 4.72 Å². The summed E-state index contributed by atoms with van der Waals surface area (Å²) in [6.45, 7) is 1.84. The Labute approximate surface area is 187 Å². The topological polar surface area (TPSA) is 88.7 Å². The van der Waals surface area contributed by atoms with E-state index in [1.807, 2.05) is 19.1 Å². The summed E-state index contributed by atoms with van der Waals surface area (Å²) < 4.78 is 38.4. The minimum Gasteiger partial charge on any atom is -0.497 e. The summed E-state index contributed by atoms with van der Waals surface area (Å²) in [7, 11) is -0.563. The van der Waals surface area contributed by atoms with Gasteiger partial charge < -0.3 is 20.1 Å². The third kappa shape index (κ3) is 5.87. The van der Waals surface area contributed by atoms with Gasteiger partial charge in [0.1, 0.15) is 11.5 Å². The predicted octanol–water partition coefficient (Wildman–Crippen LogP) is 4.62. The number of anilines is 3. The summed E-state index contributed by atoms with van der Waals surface area (Å²) in [5.41, 5.74) is 2.72. The maximum Gasteiger partial charge on any atom is 0.261 e. The minimum atomic E-state index is -3.70. The molecule has 3 N–H and O–H groups in total. The Kier molecular flexibility index (Phi) is 6.98. The fourth-order valence-electron chi connectivity index (χ4n) is 2.78. The van der Waals surface area contributed by atoms with E-state index in [4.69, 9.17) is 21.7 Å². The monoisotopic (exact) mass is 457 g/mol. The number of hydrogen-bond acceptors (Lipinski definition) is 5. The highest BCUT2D eigenvalue weighted by Gasteiger charge is 2.15. The zero-order valence-electron chi connectivity index (χ0n) is 17.3. The molecule has 3 rings (SSSR count). The molecular weight excluding hydrogens is 434 g/mol. The molecule has 0 saturated carbocycles. The molecule has 0 bridgehead atoms. The summed E-state index contributed by atoms with van der Waals surface area (Å²) >= 11 is 5.35. The number of thiocarbonyl (C=S) groups is 1. The number of nitrogens with one attached hydrogen (secondary N) is 3. The molecule has 0 aliphatic rings. The van der Waals surface area contributed by atoms with Gasteiger partial charge in [-0.05, 0) is 55.0 Å². The van der Waals surface area contributed by atoms with Gasteiger partial charge in [-0.1, -0.05) is 18.2 Å².